The zero-order valence-corrected chi connectivity index (χ0v) is 23.1. The Kier molecular flexibility index (Phi) is 6.84. The Morgan fingerprint density at radius 1 is 0.881 bits per heavy atom. The van der Waals surface area contributed by atoms with E-state index in [4.69, 9.17) is 4.74 Å². The predicted octanol–water partition coefficient (Wildman–Crippen LogP) is 4.38. The maximum atomic E-state index is 14.1. The molecule has 1 fully saturated rings. The van der Waals surface area contributed by atoms with Gasteiger partial charge in [0, 0.05) is 29.7 Å². The minimum Gasteiger partial charge on any atom is -0.454 e. The Balaban J connectivity index is 1.25. The smallest absolute Gasteiger partial charge is 0.329 e. The number of carbonyl (C=O) groups is 4. The van der Waals surface area contributed by atoms with Crippen molar-refractivity contribution in [3.63, 3.8) is 0 Å². The lowest BCUT2D eigenvalue weighted by molar-refractivity contribution is -0.384. The highest BCUT2D eigenvalue weighted by molar-refractivity contribution is 6.10. The summed E-state index contributed by atoms with van der Waals surface area (Å²) >= 11 is 0. The largest absolute Gasteiger partial charge is 0.454 e. The van der Waals surface area contributed by atoms with E-state index < -0.39 is 53.1 Å². The molecule has 1 heterocycles. The van der Waals surface area contributed by atoms with Gasteiger partial charge in [0.25, 0.3) is 11.6 Å². The van der Waals surface area contributed by atoms with Gasteiger partial charge in [-0.1, -0.05) is 68.4 Å². The molecule has 3 aliphatic carbocycles. The topological polar surface area (TPSA) is 136 Å². The fourth-order valence-electron chi connectivity index (χ4n) is 6.89. The summed E-state index contributed by atoms with van der Waals surface area (Å²) in [5.74, 6) is -4.27. The molecule has 2 bridgehead atoms. The highest BCUT2D eigenvalue weighted by Crippen LogP contribution is 2.61. The average Bonchev–Trinajstić information content (AvgIpc) is 3.24. The number of benzene rings is 3. The second-order valence-corrected chi connectivity index (χ2v) is 11.4. The third kappa shape index (κ3) is 4.43. The van der Waals surface area contributed by atoms with Crippen LogP contribution < -0.4 is 5.32 Å². The van der Waals surface area contributed by atoms with E-state index in [1.165, 1.54) is 24.3 Å². The number of ether oxygens (including phenoxy) is 1. The van der Waals surface area contributed by atoms with Crippen LogP contribution in [0.2, 0.25) is 0 Å². The summed E-state index contributed by atoms with van der Waals surface area (Å²) in [6.07, 6.45) is 0.178. The highest BCUT2D eigenvalue weighted by Gasteiger charge is 2.63. The number of nitrogens with zero attached hydrogens (tertiary/aromatic N) is 2. The van der Waals surface area contributed by atoms with Gasteiger partial charge in [-0.15, -0.1) is 0 Å². The fourth-order valence-corrected chi connectivity index (χ4v) is 6.89. The first-order valence-corrected chi connectivity index (χ1v) is 13.9. The quantitative estimate of drug-likeness (QED) is 0.185. The van der Waals surface area contributed by atoms with E-state index in [1.54, 1.807) is 0 Å². The number of nitro groups is 1. The lowest BCUT2D eigenvalue weighted by Crippen LogP contribution is -2.47. The molecule has 3 amide bonds. The molecule has 10 heteroatoms. The van der Waals surface area contributed by atoms with Crippen LogP contribution in [0.4, 0.5) is 11.4 Å². The molecule has 0 saturated carbocycles. The summed E-state index contributed by atoms with van der Waals surface area (Å²) in [5.41, 5.74) is 4.11. The Morgan fingerprint density at radius 2 is 1.40 bits per heavy atom. The predicted molar refractivity (Wildman–Crippen MR) is 151 cm³/mol. The maximum Gasteiger partial charge on any atom is 0.329 e. The van der Waals surface area contributed by atoms with E-state index in [1.807, 2.05) is 62.4 Å². The Labute approximate surface area is 241 Å². The number of likely N-dealkylation sites (tertiary alicyclic amines) is 1. The lowest BCUT2D eigenvalue weighted by Gasteiger charge is -2.45. The number of amides is 3. The summed E-state index contributed by atoms with van der Waals surface area (Å²) in [5, 5.41) is 13.5. The Hall–Kier alpha value is -4.86. The molecule has 3 aromatic carbocycles. The van der Waals surface area contributed by atoms with Crippen molar-refractivity contribution in [1.82, 2.24) is 4.90 Å². The van der Waals surface area contributed by atoms with Crippen molar-refractivity contribution in [2.24, 2.45) is 17.8 Å². The van der Waals surface area contributed by atoms with Crippen LogP contribution in [0.15, 0.2) is 72.8 Å². The number of esters is 1. The Morgan fingerprint density at radius 3 is 1.88 bits per heavy atom. The summed E-state index contributed by atoms with van der Waals surface area (Å²) in [7, 11) is 0. The van der Waals surface area contributed by atoms with Crippen molar-refractivity contribution in [3.05, 3.63) is 105 Å². The van der Waals surface area contributed by atoms with Crippen molar-refractivity contribution in [3.8, 4) is 0 Å². The molecule has 1 N–H and O–H groups in total. The molecule has 0 spiro atoms. The van der Waals surface area contributed by atoms with Crippen LogP contribution >= 0.6 is 0 Å². The summed E-state index contributed by atoms with van der Waals surface area (Å²) < 4.78 is 5.34. The Bertz CT molecular complexity index is 1520. The molecule has 1 aliphatic heterocycles. The number of imide groups is 1. The number of nitrogens with one attached hydrogen (secondary N) is 1. The van der Waals surface area contributed by atoms with Crippen molar-refractivity contribution < 1.29 is 28.8 Å². The molecule has 214 valence electrons. The summed E-state index contributed by atoms with van der Waals surface area (Å²) in [6.45, 7) is 3.08. The van der Waals surface area contributed by atoms with Crippen molar-refractivity contribution in [2.75, 3.05) is 11.9 Å². The SMILES string of the molecule is CC(C)C[C@H](C(=O)OCC(=O)Nc1cccc([N+](=O)[O-])c1)N1C(=O)[C@@H]2C3c4ccccc4C(c4ccccc43)[C@H]2C1=O. The molecule has 0 radical (unpaired) electrons. The standard InChI is InChI=1S/C32H29N3O7/c1-17(2)14-24(32(39)42-16-25(36)33-18-8-7-9-19(15-18)35(40)41)34-30(37)28-26-20-10-3-4-11-21(20)27(29(28)31(34)38)23-13-6-5-12-22(23)26/h3-13,15,17,24,26-29H,14,16H2,1-2H3,(H,33,36)/t24-,26?,27?,28-,29-/m1/s1. The van der Waals surface area contributed by atoms with Gasteiger partial charge in [-0.25, -0.2) is 4.79 Å². The third-order valence-corrected chi connectivity index (χ3v) is 8.45. The van der Waals surface area contributed by atoms with E-state index >= 15 is 0 Å². The van der Waals surface area contributed by atoms with Crippen molar-refractivity contribution in [2.45, 2.75) is 38.1 Å². The first-order chi connectivity index (χ1) is 20.2. The number of hydrogen-bond donors (Lipinski definition) is 1. The van der Waals surface area contributed by atoms with Crippen LogP contribution in [-0.2, 0) is 23.9 Å². The van der Waals surface area contributed by atoms with Crippen molar-refractivity contribution in [1.29, 1.82) is 0 Å². The molecule has 0 unspecified atom stereocenters. The fraction of sp³-hybridized carbons (Fsp3) is 0.312. The average molecular weight is 568 g/mol. The van der Waals surface area contributed by atoms with Gasteiger partial charge in [-0.3, -0.25) is 29.4 Å². The van der Waals surface area contributed by atoms with E-state index in [0.717, 1.165) is 27.2 Å². The molecule has 1 saturated heterocycles. The molecule has 4 aliphatic rings. The zero-order valence-electron chi connectivity index (χ0n) is 23.1. The van der Waals surface area contributed by atoms with Crippen LogP contribution in [0.3, 0.4) is 0 Å². The van der Waals surface area contributed by atoms with Crippen LogP contribution in [0, 0.1) is 27.9 Å². The normalized spacial score (nSPS) is 22.3. The zero-order chi connectivity index (χ0) is 29.7. The number of nitro benzene ring substituents is 1. The lowest BCUT2D eigenvalue weighted by atomic mass is 9.55. The van der Waals surface area contributed by atoms with Crippen LogP contribution in [0.1, 0.15) is 54.4 Å². The van der Waals surface area contributed by atoms with Gasteiger partial charge in [0.1, 0.15) is 6.04 Å². The number of non-ortho nitro benzene ring substituents is 1. The van der Waals surface area contributed by atoms with Gasteiger partial charge in [0.2, 0.25) is 11.8 Å². The summed E-state index contributed by atoms with van der Waals surface area (Å²) in [4.78, 5) is 65.7. The van der Waals surface area contributed by atoms with Gasteiger partial charge >= 0.3 is 5.97 Å². The minimum atomic E-state index is -1.19. The van der Waals surface area contributed by atoms with Gasteiger partial charge in [0.15, 0.2) is 6.61 Å². The second kappa shape index (κ2) is 10.5. The van der Waals surface area contributed by atoms with Gasteiger partial charge in [0.05, 0.1) is 16.8 Å². The molecule has 3 aromatic rings. The van der Waals surface area contributed by atoms with Crippen LogP contribution in [0.5, 0.6) is 0 Å². The second-order valence-electron chi connectivity index (χ2n) is 11.4. The number of hydrogen-bond acceptors (Lipinski definition) is 7. The first-order valence-electron chi connectivity index (χ1n) is 13.9. The molecule has 3 atom stereocenters. The van der Waals surface area contributed by atoms with Gasteiger partial charge in [-0.05, 0) is 40.7 Å². The molecule has 7 rings (SSSR count). The summed E-state index contributed by atoms with van der Waals surface area (Å²) in [6, 6.07) is 20.0. The third-order valence-electron chi connectivity index (χ3n) is 8.45. The molecular weight excluding hydrogens is 538 g/mol. The van der Waals surface area contributed by atoms with E-state index in [9.17, 15) is 29.3 Å². The maximum absolute atomic E-state index is 14.1. The highest BCUT2D eigenvalue weighted by atomic mass is 16.6. The molecule has 10 nitrogen and oxygen atoms in total. The van der Waals surface area contributed by atoms with Crippen molar-refractivity contribution >= 4 is 35.1 Å². The van der Waals surface area contributed by atoms with Gasteiger partial charge in [-0.2, -0.15) is 0 Å². The van der Waals surface area contributed by atoms with E-state index in [-0.39, 0.29) is 35.5 Å². The van der Waals surface area contributed by atoms with E-state index in [2.05, 4.69) is 5.32 Å². The number of anilines is 1. The molecule has 0 aromatic heterocycles. The van der Waals surface area contributed by atoms with E-state index in [0.29, 0.717) is 0 Å². The molecular formula is C32H29N3O7. The molecule has 42 heavy (non-hydrogen) atoms. The monoisotopic (exact) mass is 567 g/mol. The number of carbonyl (C=O) groups excluding carboxylic acids is 4. The minimum absolute atomic E-state index is 0.0596. The van der Waals surface area contributed by atoms with Crippen LogP contribution in [-0.4, -0.2) is 46.2 Å². The van der Waals surface area contributed by atoms with Gasteiger partial charge < -0.3 is 10.1 Å². The number of rotatable bonds is 8. The van der Waals surface area contributed by atoms with Crippen LogP contribution in [0.25, 0.3) is 0 Å². The first kappa shape index (κ1) is 27.3.